The van der Waals surface area contributed by atoms with E-state index in [4.69, 9.17) is 9.84 Å². The molecule has 2 rings (SSSR count). The first kappa shape index (κ1) is 10.2. The van der Waals surface area contributed by atoms with Gasteiger partial charge in [-0.2, -0.15) is 0 Å². The van der Waals surface area contributed by atoms with Crippen LogP contribution >= 0.6 is 0 Å². The predicted molar refractivity (Wildman–Crippen MR) is 59.9 cm³/mol. The fourth-order valence-electron chi connectivity index (χ4n) is 1.50. The molecule has 0 bridgehead atoms. The van der Waals surface area contributed by atoms with Crippen LogP contribution in [-0.4, -0.2) is 23.3 Å². The lowest BCUT2D eigenvalue weighted by Gasteiger charge is -2.09. The Balaban J connectivity index is 2.58. The fourth-order valence-corrected chi connectivity index (χ4v) is 1.50. The summed E-state index contributed by atoms with van der Waals surface area (Å²) in [5.41, 5.74) is 0.425. The Morgan fingerprint density at radius 3 is 2.94 bits per heavy atom. The van der Waals surface area contributed by atoms with Crippen LogP contribution in [0.3, 0.4) is 0 Å². The summed E-state index contributed by atoms with van der Waals surface area (Å²) in [6, 6.07) is 5.26. The highest BCUT2D eigenvalue weighted by molar-refractivity contribution is 5.93. The number of carbonyl (C=O) groups is 1. The van der Waals surface area contributed by atoms with Gasteiger partial charge in [0.25, 0.3) is 0 Å². The Hall–Kier alpha value is -2.30. The summed E-state index contributed by atoms with van der Waals surface area (Å²) < 4.78 is 5.10. The Labute approximate surface area is 91.7 Å². The van der Waals surface area contributed by atoms with Crippen LogP contribution < -0.4 is 10.1 Å². The highest BCUT2D eigenvalue weighted by Gasteiger charge is 2.07. The van der Waals surface area contributed by atoms with E-state index in [1.54, 1.807) is 24.5 Å². The third-order valence-corrected chi connectivity index (χ3v) is 2.20. The second-order valence-electron chi connectivity index (χ2n) is 3.21. The van der Waals surface area contributed by atoms with Crippen molar-refractivity contribution in [3.8, 4) is 5.75 Å². The SMILES string of the molecule is COc1cc2cnccc2cc1NC(=O)O. The molecule has 5 nitrogen and oxygen atoms in total. The molecule has 0 aliphatic rings. The van der Waals surface area contributed by atoms with Crippen molar-refractivity contribution in [1.82, 2.24) is 4.98 Å². The smallest absolute Gasteiger partial charge is 0.409 e. The van der Waals surface area contributed by atoms with Crippen molar-refractivity contribution in [2.75, 3.05) is 12.4 Å². The minimum absolute atomic E-state index is 0.425. The van der Waals surface area contributed by atoms with Gasteiger partial charge >= 0.3 is 6.09 Å². The molecule has 82 valence electrons. The number of nitrogens with one attached hydrogen (secondary N) is 1. The first-order valence-corrected chi connectivity index (χ1v) is 4.62. The largest absolute Gasteiger partial charge is 0.495 e. The predicted octanol–water partition coefficient (Wildman–Crippen LogP) is 2.33. The average Bonchev–Trinajstić information content (AvgIpc) is 2.27. The number of pyridine rings is 1. The lowest BCUT2D eigenvalue weighted by atomic mass is 10.1. The van der Waals surface area contributed by atoms with Gasteiger partial charge in [-0.1, -0.05) is 0 Å². The normalized spacial score (nSPS) is 10.1. The zero-order chi connectivity index (χ0) is 11.5. The standard InChI is InChI=1S/C11H10N2O3/c1-16-10-5-8-6-12-3-2-7(8)4-9(10)13-11(14)15/h2-6,13H,1H3,(H,14,15). The molecule has 2 N–H and O–H groups in total. The number of hydrogen-bond donors (Lipinski definition) is 2. The molecule has 1 heterocycles. The molecule has 16 heavy (non-hydrogen) atoms. The third kappa shape index (κ3) is 1.88. The summed E-state index contributed by atoms with van der Waals surface area (Å²) >= 11 is 0. The van der Waals surface area contributed by atoms with Crippen molar-refractivity contribution in [2.24, 2.45) is 0 Å². The molecule has 0 radical (unpaired) electrons. The van der Waals surface area contributed by atoms with Gasteiger partial charge in [-0.05, 0) is 23.6 Å². The van der Waals surface area contributed by atoms with E-state index in [-0.39, 0.29) is 0 Å². The maximum Gasteiger partial charge on any atom is 0.409 e. The molecule has 0 fully saturated rings. The molecule has 1 aromatic heterocycles. The van der Waals surface area contributed by atoms with E-state index in [1.165, 1.54) is 7.11 Å². The van der Waals surface area contributed by atoms with Crippen molar-refractivity contribution in [1.29, 1.82) is 0 Å². The van der Waals surface area contributed by atoms with Gasteiger partial charge < -0.3 is 9.84 Å². The maximum atomic E-state index is 10.6. The van der Waals surface area contributed by atoms with Crippen LogP contribution in [0.5, 0.6) is 5.75 Å². The average molecular weight is 218 g/mol. The molecule has 0 spiro atoms. The van der Waals surface area contributed by atoms with Crippen molar-refractivity contribution in [3.63, 3.8) is 0 Å². The summed E-state index contributed by atoms with van der Waals surface area (Å²) in [6.45, 7) is 0. The molecule has 0 aliphatic heterocycles. The number of rotatable bonds is 2. The number of nitrogens with zero attached hydrogens (tertiary/aromatic N) is 1. The van der Waals surface area contributed by atoms with E-state index in [1.807, 2.05) is 6.07 Å². The molecular formula is C11H10N2O3. The number of anilines is 1. The number of amides is 1. The molecule has 1 amide bonds. The fraction of sp³-hybridized carbons (Fsp3) is 0.0909. The van der Waals surface area contributed by atoms with Crippen LogP contribution in [-0.2, 0) is 0 Å². The molecule has 1 aromatic carbocycles. The molecule has 5 heteroatoms. The van der Waals surface area contributed by atoms with E-state index >= 15 is 0 Å². The van der Waals surface area contributed by atoms with Crippen LogP contribution in [0.4, 0.5) is 10.5 Å². The zero-order valence-corrected chi connectivity index (χ0v) is 8.60. The summed E-state index contributed by atoms with van der Waals surface area (Å²) in [4.78, 5) is 14.6. The number of carboxylic acid groups (broad SMARTS) is 1. The van der Waals surface area contributed by atoms with Gasteiger partial charge in [-0.25, -0.2) is 4.79 Å². The number of benzene rings is 1. The molecule has 2 aromatic rings. The zero-order valence-electron chi connectivity index (χ0n) is 8.60. The number of fused-ring (bicyclic) bond motifs is 1. The number of hydrogen-bond acceptors (Lipinski definition) is 3. The van der Waals surface area contributed by atoms with Gasteiger partial charge in [0.15, 0.2) is 0 Å². The lowest BCUT2D eigenvalue weighted by molar-refractivity contribution is 0.209. The Bertz CT molecular complexity index is 540. The Morgan fingerprint density at radius 1 is 1.44 bits per heavy atom. The highest BCUT2D eigenvalue weighted by atomic mass is 16.5. The van der Waals surface area contributed by atoms with Gasteiger partial charge in [0.05, 0.1) is 12.8 Å². The van der Waals surface area contributed by atoms with E-state index in [0.717, 1.165) is 10.8 Å². The first-order chi connectivity index (χ1) is 7.70. The van der Waals surface area contributed by atoms with Crippen LogP contribution in [0, 0.1) is 0 Å². The molecular weight excluding hydrogens is 208 g/mol. The number of ether oxygens (including phenoxy) is 1. The summed E-state index contributed by atoms with van der Waals surface area (Å²) in [6.07, 6.45) is 2.23. The van der Waals surface area contributed by atoms with Crippen molar-refractivity contribution in [2.45, 2.75) is 0 Å². The summed E-state index contributed by atoms with van der Waals surface area (Å²) in [5.74, 6) is 0.475. The highest BCUT2D eigenvalue weighted by Crippen LogP contribution is 2.29. The molecule has 0 atom stereocenters. The summed E-state index contributed by atoms with van der Waals surface area (Å²) in [7, 11) is 1.49. The maximum absolute atomic E-state index is 10.6. The van der Waals surface area contributed by atoms with Crippen molar-refractivity contribution < 1.29 is 14.6 Å². The Morgan fingerprint density at radius 2 is 2.25 bits per heavy atom. The Kier molecular flexibility index (Phi) is 2.59. The van der Waals surface area contributed by atoms with E-state index in [2.05, 4.69) is 10.3 Å². The van der Waals surface area contributed by atoms with E-state index in [0.29, 0.717) is 11.4 Å². The van der Waals surface area contributed by atoms with Gasteiger partial charge in [0, 0.05) is 17.8 Å². The van der Waals surface area contributed by atoms with Crippen molar-refractivity contribution >= 4 is 22.6 Å². The second-order valence-corrected chi connectivity index (χ2v) is 3.21. The number of aromatic nitrogens is 1. The van der Waals surface area contributed by atoms with Crippen LogP contribution in [0.15, 0.2) is 30.6 Å². The molecule has 0 saturated heterocycles. The first-order valence-electron chi connectivity index (χ1n) is 4.62. The van der Waals surface area contributed by atoms with Gasteiger partial charge in [0.1, 0.15) is 5.75 Å². The lowest BCUT2D eigenvalue weighted by Crippen LogP contribution is -2.08. The van der Waals surface area contributed by atoms with Crippen LogP contribution in [0.1, 0.15) is 0 Å². The van der Waals surface area contributed by atoms with Gasteiger partial charge in [0.2, 0.25) is 0 Å². The topological polar surface area (TPSA) is 71.5 Å². The quantitative estimate of drug-likeness (QED) is 0.811. The molecule has 0 aliphatic carbocycles. The minimum Gasteiger partial charge on any atom is -0.495 e. The molecule has 0 saturated carbocycles. The second kappa shape index (κ2) is 4.06. The van der Waals surface area contributed by atoms with E-state index < -0.39 is 6.09 Å². The van der Waals surface area contributed by atoms with Crippen molar-refractivity contribution in [3.05, 3.63) is 30.6 Å². The number of methoxy groups -OCH3 is 1. The minimum atomic E-state index is -1.12. The molecule has 0 unspecified atom stereocenters. The summed E-state index contributed by atoms with van der Waals surface area (Å²) in [5, 5.41) is 12.8. The van der Waals surface area contributed by atoms with E-state index in [9.17, 15) is 4.79 Å². The van der Waals surface area contributed by atoms with Crippen LogP contribution in [0.2, 0.25) is 0 Å². The van der Waals surface area contributed by atoms with Gasteiger partial charge in [-0.3, -0.25) is 10.3 Å². The van der Waals surface area contributed by atoms with Gasteiger partial charge in [-0.15, -0.1) is 0 Å². The van der Waals surface area contributed by atoms with Crippen LogP contribution in [0.25, 0.3) is 10.8 Å². The third-order valence-electron chi connectivity index (χ3n) is 2.20. The monoisotopic (exact) mass is 218 g/mol.